The number of fused-ring (bicyclic) bond motifs is 2. The number of hydroxylamine groups is 2. The van der Waals surface area contributed by atoms with Crippen molar-refractivity contribution in [2.75, 3.05) is 13.1 Å². The Morgan fingerprint density at radius 3 is 1.64 bits per heavy atom. The highest BCUT2D eigenvalue weighted by molar-refractivity contribution is 6.00. The molecule has 0 bridgehead atoms. The summed E-state index contributed by atoms with van der Waals surface area (Å²) in [6.07, 6.45) is 11.3. The Morgan fingerprint density at radius 2 is 1.23 bits per heavy atom. The van der Waals surface area contributed by atoms with E-state index in [-0.39, 0.29) is 30.2 Å². The molecule has 5 N–H and O–H groups in total. The Kier molecular flexibility index (Phi) is 17.9. The maximum atomic E-state index is 11.8. The van der Waals surface area contributed by atoms with Gasteiger partial charge in [0.15, 0.2) is 0 Å². The van der Waals surface area contributed by atoms with E-state index in [1.807, 2.05) is 66.9 Å². The number of unbranched alkanes of at least 4 members (excludes halogenated alkanes) is 4. The molecular weight excluding hydrogens is 598 g/mol. The number of hydrogen-bond donors (Lipinski definition) is 4. The first-order chi connectivity index (χ1) is 22.7. The van der Waals surface area contributed by atoms with Crippen LogP contribution in [0.3, 0.4) is 0 Å². The van der Waals surface area contributed by atoms with E-state index in [1.54, 1.807) is 6.20 Å². The Labute approximate surface area is 276 Å². The van der Waals surface area contributed by atoms with E-state index >= 15 is 0 Å². The predicted octanol–water partition coefficient (Wildman–Crippen LogP) is 5.61. The van der Waals surface area contributed by atoms with E-state index in [9.17, 15) is 19.2 Å². The van der Waals surface area contributed by atoms with Crippen LogP contribution >= 0.6 is 0 Å². The number of aromatic nitrogens is 2. The van der Waals surface area contributed by atoms with Crippen molar-refractivity contribution < 1.29 is 29.5 Å². The maximum absolute atomic E-state index is 11.8. The first-order valence-corrected chi connectivity index (χ1v) is 16.1. The van der Waals surface area contributed by atoms with E-state index < -0.39 is 17.8 Å². The van der Waals surface area contributed by atoms with Crippen molar-refractivity contribution in [1.29, 1.82) is 0 Å². The first-order valence-electron chi connectivity index (χ1n) is 16.1. The number of carboxylic acids is 1. The fraction of sp³-hybridized carbons (Fsp3) is 0.389. The second kappa shape index (κ2) is 21.9. The average molecular weight is 646 g/mol. The highest BCUT2D eigenvalue weighted by Gasteiger charge is 2.26. The van der Waals surface area contributed by atoms with Crippen LogP contribution in [0.4, 0.5) is 0 Å². The summed E-state index contributed by atoms with van der Waals surface area (Å²) in [5.74, 6) is -1.81. The van der Waals surface area contributed by atoms with Gasteiger partial charge in [-0.25, -0.2) is 0 Å². The third-order valence-electron chi connectivity index (χ3n) is 6.98. The normalized spacial score (nSPS) is 12.0. The van der Waals surface area contributed by atoms with Gasteiger partial charge in [-0.05, 0) is 42.3 Å². The second-order valence-electron chi connectivity index (χ2n) is 10.9. The van der Waals surface area contributed by atoms with Crippen molar-refractivity contribution >= 4 is 45.2 Å². The molecule has 0 unspecified atom stereocenters. The third-order valence-corrected chi connectivity index (χ3v) is 6.98. The lowest BCUT2D eigenvalue weighted by atomic mass is 10.1. The zero-order valence-electron chi connectivity index (χ0n) is 27.4. The van der Waals surface area contributed by atoms with Crippen molar-refractivity contribution in [3.05, 3.63) is 84.4 Å². The molecule has 1 aliphatic heterocycles. The molecule has 1 aliphatic rings. The number of carboxylic acid groups (broad SMARTS) is 1. The number of benzene rings is 2. The smallest absolute Gasteiger partial charge is 0.309 e. The number of pyridine rings is 2. The predicted molar refractivity (Wildman–Crippen MR) is 183 cm³/mol. The number of nitrogens with one attached hydrogen (secondary N) is 1. The quantitative estimate of drug-likeness (QED) is 0.0918. The molecule has 11 nitrogen and oxygen atoms in total. The molecule has 3 amide bonds. The zero-order chi connectivity index (χ0) is 34.4. The van der Waals surface area contributed by atoms with Crippen molar-refractivity contribution in [3.63, 3.8) is 0 Å². The Morgan fingerprint density at radius 1 is 0.766 bits per heavy atom. The highest BCUT2D eigenvalue weighted by atomic mass is 16.5. The molecule has 0 atom stereocenters. The fourth-order valence-electron chi connectivity index (χ4n) is 4.40. The van der Waals surface area contributed by atoms with Crippen LogP contribution in [0.15, 0.2) is 73.1 Å². The Hall–Kier alpha value is -4.74. The van der Waals surface area contributed by atoms with Crippen LogP contribution in [0.2, 0.25) is 0 Å². The molecule has 11 heteroatoms. The molecule has 2 aromatic heterocycles. The van der Waals surface area contributed by atoms with Crippen LogP contribution in [0, 0.1) is 0 Å². The number of imide groups is 1. The first kappa shape index (κ1) is 38.4. The lowest BCUT2D eigenvalue weighted by Crippen LogP contribution is -2.26. The van der Waals surface area contributed by atoms with Crippen LogP contribution in [-0.4, -0.2) is 62.1 Å². The van der Waals surface area contributed by atoms with Gasteiger partial charge in [0.2, 0.25) is 5.91 Å². The monoisotopic (exact) mass is 645 g/mol. The number of carbonyl (C=O) groups is 4. The van der Waals surface area contributed by atoms with Crippen molar-refractivity contribution in [2.45, 2.75) is 78.1 Å². The number of aliphatic carboxylic acids is 1. The number of amides is 3. The molecule has 1 saturated heterocycles. The summed E-state index contributed by atoms with van der Waals surface area (Å²) < 4.78 is 0. The molecule has 0 spiro atoms. The molecule has 0 aliphatic carbocycles. The largest absolute Gasteiger partial charge is 0.481 e. The molecule has 47 heavy (non-hydrogen) atoms. The van der Waals surface area contributed by atoms with Crippen LogP contribution in [0.1, 0.15) is 76.6 Å². The summed E-state index contributed by atoms with van der Waals surface area (Å²) in [6.45, 7) is 5.95. The number of carbonyl (C=O) groups excluding carboxylic acids is 3. The van der Waals surface area contributed by atoms with Gasteiger partial charge in [0, 0.05) is 42.6 Å². The van der Waals surface area contributed by atoms with E-state index in [0.29, 0.717) is 12.1 Å². The van der Waals surface area contributed by atoms with Gasteiger partial charge in [-0.1, -0.05) is 88.1 Å². The summed E-state index contributed by atoms with van der Waals surface area (Å²) >= 11 is 0. The van der Waals surface area contributed by atoms with Gasteiger partial charge in [0.25, 0.3) is 11.8 Å². The summed E-state index contributed by atoms with van der Waals surface area (Å²) in [5.41, 5.74) is 6.63. The van der Waals surface area contributed by atoms with E-state index in [0.717, 1.165) is 53.2 Å². The SMILES string of the molecule is CCCCCN.CCCCCNC(=O)Cc1cc2ccccc2cn1.O=C(O)Cc1cc2ccccc2cn1.O=C1CCC(=O)N1O. The zero-order valence-corrected chi connectivity index (χ0v) is 27.4. The Balaban J connectivity index is 0.000000239. The van der Waals surface area contributed by atoms with Crippen LogP contribution in [0.5, 0.6) is 0 Å². The van der Waals surface area contributed by atoms with E-state index in [1.165, 1.54) is 25.7 Å². The second-order valence-corrected chi connectivity index (χ2v) is 10.9. The van der Waals surface area contributed by atoms with Gasteiger partial charge in [-0.15, -0.1) is 0 Å². The van der Waals surface area contributed by atoms with Crippen LogP contribution in [0.25, 0.3) is 21.5 Å². The number of hydrogen-bond acceptors (Lipinski definition) is 8. The Bertz CT molecular complexity index is 1560. The highest BCUT2D eigenvalue weighted by Crippen LogP contribution is 2.14. The van der Waals surface area contributed by atoms with Gasteiger partial charge in [-0.2, -0.15) is 5.06 Å². The average Bonchev–Trinajstić information content (AvgIpc) is 3.37. The van der Waals surface area contributed by atoms with Crippen molar-refractivity contribution in [3.8, 4) is 0 Å². The van der Waals surface area contributed by atoms with Gasteiger partial charge < -0.3 is 16.2 Å². The topological polar surface area (TPSA) is 176 Å². The number of nitrogens with two attached hydrogens (primary N) is 1. The van der Waals surface area contributed by atoms with Crippen molar-refractivity contribution in [2.24, 2.45) is 5.73 Å². The molecule has 0 radical (unpaired) electrons. The van der Waals surface area contributed by atoms with Gasteiger partial charge in [-0.3, -0.25) is 34.4 Å². The minimum Gasteiger partial charge on any atom is -0.481 e. The van der Waals surface area contributed by atoms with Crippen LogP contribution in [-0.2, 0) is 32.0 Å². The molecule has 2 aromatic carbocycles. The number of nitrogens with zero attached hydrogens (tertiary/aromatic N) is 3. The molecule has 3 heterocycles. The lowest BCUT2D eigenvalue weighted by Gasteiger charge is -2.05. The molecule has 0 saturated carbocycles. The minimum atomic E-state index is -0.854. The van der Waals surface area contributed by atoms with Crippen molar-refractivity contribution in [1.82, 2.24) is 20.3 Å². The fourth-order valence-corrected chi connectivity index (χ4v) is 4.40. The standard InChI is InChI=1S/C16H20N2O.C11H9NO2.C5H13N.C4H5NO3/c1-2-3-6-9-17-16(19)11-15-10-13-7-4-5-8-14(13)12-18-15;13-11(14)6-10-5-8-3-1-2-4-9(8)7-12-10;1-2-3-4-5-6;6-3-1-2-4(7)5(3)8/h4-5,7-8,10,12H,2-3,6,9,11H2,1H3,(H,17,19);1-5,7H,6H2,(H,13,14);2-6H2,1H3;8H,1-2H2. The summed E-state index contributed by atoms with van der Waals surface area (Å²) in [4.78, 5) is 51.1. The van der Waals surface area contributed by atoms with Gasteiger partial charge >= 0.3 is 5.97 Å². The maximum Gasteiger partial charge on any atom is 0.309 e. The van der Waals surface area contributed by atoms with Gasteiger partial charge in [0.1, 0.15) is 0 Å². The molecule has 1 fully saturated rings. The van der Waals surface area contributed by atoms with E-state index in [4.69, 9.17) is 16.0 Å². The van der Waals surface area contributed by atoms with Gasteiger partial charge in [0.05, 0.1) is 24.2 Å². The summed E-state index contributed by atoms with van der Waals surface area (Å²) in [5, 5.41) is 24.4. The van der Waals surface area contributed by atoms with Crippen LogP contribution < -0.4 is 11.1 Å². The number of rotatable bonds is 11. The van der Waals surface area contributed by atoms with E-state index in [2.05, 4.69) is 29.1 Å². The third kappa shape index (κ3) is 14.9. The lowest BCUT2D eigenvalue weighted by molar-refractivity contribution is -0.171. The molecular formula is C36H47N5O6. The summed E-state index contributed by atoms with van der Waals surface area (Å²) in [7, 11) is 0. The minimum absolute atomic E-state index is 0.0230. The molecule has 4 aromatic rings. The molecule has 252 valence electrons. The summed E-state index contributed by atoms with van der Waals surface area (Å²) in [6, 6.07) is 19.6. The molecule has 5 rings (SSSR count).